The number of rotatable bonds is 4. The van der Waals surface area contributed by atoms with E-state index in [0.29, 0.717) is 10.9 Å². The van der Waals surface area contributed by atoms with Crippen molar-refractivity contribution >= 4 is 28.2 Å². The number of anilines is 1. The molecule has 0 aliphatic rings. The summed E-state index contributed by atoms with van der Waals surface area (Å²) in [7, 11) is 0. The van der Waals surface area contributed by atoms with Crippen LogP contribution in [0.1, 0.15) is 11.3 Å². The third kappa shape index (κ3) is 3.00. The highest BCUT2D eigenvalue weighted by molar-refractivity contribution is 8.00. The Morgan fingerprint density at radius 3 is 2.75 bits per heavy atom. The maximum absolute atomic E-state index is 5.54. The molecule has 0 saturated heterocycles. The topological polar surface area (TPSA) is 77.8 Å². The molecule has 0 radical (unpaired) electrons. The first-order chi connectivity index (χ1) is 9.70. The molecule has 1 aromatic carbocycles. The van der Waals surface area contributed by atoms with E-state index >= 15 is 0 Å². The van der Waals surface area contributed by atoms with E-state index in [1.165, 1.54) is 28.7 Å². The van der Waals surface area contributed by atoms with Gasteiger partial charge in [0.05, 0.1) is 5.75 Å². The number of hydrogen-bond donors (Lipinski definition) is 1. The van der Waals surface area contributed by atoms with E-state index < -0.39 is 0 Å². The maximum atomic E-state index is 5.54. The predicted octanol–water partition coefficient (Wildman–Crippen LogP) is 3.38. The lowest BCUT2D eigenvalue weighted by Gasteiger charge is -1.95. The van der Waals surface area contributed by atoms with Crippen LogP contribution in [-0.2, 0) is 5.75 Å². The van der Waals surface area contributed by atoms with Gasteiger partial charge in [-0.2, -0.15) is 0 Å². The summed E-state index contributed by atoms with van der Waals surface area (Å²) in [5, 5.41) is 12.3. The molecule has 20 heavy (non-hydrogen) atoms. The third-order valence-corrected chi connectivity index (χ3v) is 4.57. The Kier molecular flexibility index (Phi) is 3.70. The Hall–Kier alpha value is -1.86. The number of nitrogens with two attached hydrogens (primary N) is 1. The van der Waals surface area contributed by atoms with Crippen LogP contribution >= 0.6 is 23.1 Å². The summed E-state index contributed by atoms with van der Waals surface area (Å²) in [4.78, 5) is 0. The zero-order chi connectivity index (χ0) is 13.9. The summed E-state index contributed by atoms with van der Waals surface area (Å²) < 4.78 is 6.16. The second-order valence-electron chi connectivity index (χ2n) is 4.24. The number of aryl methyl sites for hydroxylation is 1. The van der Waals surface area contributed by atoms with Gasteiger partial charge >= 0.3 is 0 Å². The standard InChI is InChI=1S/C13H12N4OS2/c1-8-2-4-9(5-3-8)11-6-10(18-17-11)7-19-13-16-15-12(14)20-13/h2-6H,7H2,1H3,(H2,14,15). The predicted molar refractivity (Wildman–Crippen MR) is 80.6 cm³/mol. The Morgan fingerprint density at radius 1 is 1.25 bits per heavy atom. The van der Waals surface area contributed by atoms with E-state index in [0.717, 1.165) is 21.4 Å². The minimum atomic E-state index is 0.477. The molecule has 0 saturated carbocycles. The number of thioether (sulfide) groups is 1. The zero-order valence-electron chi connectivity index (χ0n) is 10.7. The highest BCUT2D eigenvalue weighted by atomic mass is 32.2. The van der Waals surface area contributed by atoms with Crippen LogP contribution in [0.5, 0.6) is 0 Å². The van der Waals surface area contributed by atoms with Gasteiger partial charge in [-0.3, -0.25) is 0 Å². The number of aromatic nitrogens is 3. The molecule has 0 atom stereocenters. The molecule has 0 bridgehead atoms. The first kappa shape index (κ1) is 13.1. The van der Waals surface area contributed by atoms with E-state index in [1.807, 2.05) is 18.2 Å². The Labute approximate surface area is 124 Å². The van der Waals surface area contributed by atoms with Gasteiger partial charge in [0.2, 0.25) is 5.13 Å². The fourth-order valence-corrected chi connectivity index (χ4v) is 3.16. The van der Waals surface area contributed by atoms with Crippen molar-refractivity contribution in [2.24, 2.45) is 0 Å². The monoisotopic (exact) mass is 304 g/mol. The van der Waals surface area contributed by atoms with E-state index in [4.69, 9.17) is 10.3 Å². The van der Waals surface area contributed by atoms with Crippen molar-refractivity contribution in [3.63, 3.8) is 0 Å². The van der Waals surface area contributed by atoms with E-state index in [-0.39, 0.29) is 0 Å². The summed E-state index contributed by atoms with van der Waals surface area (Å²) in [6.45, 7) is 2.06. The zero-order valence-corrected chi connectivity index (χ0v) is 12.4. The summed E-state index contributed by atoms with van der Waals surface area (Å²) in [5.41, 5.74) is 8.66. The average molecular weight is 304 g/mol. The van der Waals surface area contributed by atoms with Crippen LogP contribution in [0.4, 0.5) is 5.13 Å². The highest BCUT2D eigenvalue weighted by Crippen LogP contribution is 2.28. The van der Waals surface area contributed by atoms with Crippen LogP contribution in [0, 0.1) is 6.92 Å². The molecular weight excluding hydrogens is 292 g/mol. The molecule has 0 aliphatic heterocycles. The van der Waals surface area contributed by atoms with Crippen molar-refractivity contribution < 1.29 is 4.52 Å². The van der Waals surface area contributed by atoms with Gasteiger partial charge in [-0.25, -0.2) is 0 Å². The lowest BCUT2D eigenvalue weighted by Crippen LogP contribution is -1.80. The quantitative estimate of drug-likeness (QED) is 0.744. The summed E-state index contributed by atoms with van der Waals surface area (Å²) in [5.74, 6) is 1.47. The molecule has 3 rings (SSSR count). The lowest BCUT2D eigenvalue weighted by atomic mass is 10.1. The van der Waals surface area contributed by atoms with Crippen molar-refractivity contribution in [1.29, 1.82) is 0 Å². The average Bonchev–Trinajstić information content (AvgIpc) is 3.06. The van der Waals surface area contributed by atoms with Gasteiger partial charge in [-0.15, -0.1) is 10.2 Å². The van der Waals surface area contributed by atoms with E-state index in [9.17, 15) is 0 Å². The second kappa shape index (κ2) is 5.64. The molecule has 2 heterocycles. The van der Waals surface area contributed by atoms with Crippen LogP contribution in [-0.4, -0.2) is 15.4 Å². The Morgan fingerprint density at radius 2 is 2.05 bits per heavy atom. The third-order valence-electron chi connectivity index (χ3n) is 2.67. The smallest absolute Gasteiger partial charge is 0.203 e. The van der Waals surface area contributed by atoms with E-state index in [1.54, 1.807) is 0 Å². The van der Waals surface area contributed by atoms with Gasteiger partial charge < -0.3 is 10.3 Å². The molecule has 7 heteroatoms. The minimum Gasteiger partial charge on any atom is -0.374 e. The lowest BCUT2D eigenvalue weighted by molar-refractivity contribution is 0.397. The van der Waals surface area contributed by atoms with Gasteiger partial charge in [0, 0.05) is 11.6 Å². The van der Waals surface area contributed by atoms with Crippen LogP contribution in [0.2, 0.25) is 0 Å². The first-order valence-corrected chi connectivity index (χ1v) is 7.75. The van der Waals surface area contributed by atoms with Crippen molar-refractivity contribution in [2.75, 3.05) is 5.73 Å². The number of nitrogens with zero attached hydrogens (tertiary/aromatic N) is 3. The molecule has 0 spiro atoms. The van der Waals surface area contributed by atoms with Crippen molar-refractivity contribution in [3.8, 4) is 11.3 Å². The summed E-state index contributed by atoms with van der Waals surface area (Å²) in [6, 6.07) is 10.1. The van der Waals surface area contributed by atoms with Crippen LogP contribution in [0.3, 0.4) is 0 Å². The number of benzene rings is 1. The molecule has 0 unspecified atom stereocenters. The molecule has 0 amide bonds. The van der Waals surface area contributed by atoms with Crippen molar-refractivity contribution in [1.82, 2.24) is 15.4 Å². The second-order valence-corrected chi connectivity index (χ2v) is 6.47. The van der Waals surface area contributed by atoms with Crippen LogP contribution in [0.25, 0.3) is 11.3 Å². The molecule has 102 valence electrons. The molecule has 2 aromatic heterocycles. The van der Waals surface area contributed by atoms with Gasteiger partial charge in [0.15, 0.2) is 4.34 Å². The fraction of sp³-hybridized carbons (Fsp3) is 0.154. The minimum absolute atomic E-state index is 0.477. The normalized spacial score (nSPS) is 10.8. The molecule has 0 aliphatic carbocycles. The molecule has 0 fully saturated rings. The van der Waals surface area contributed by atoms with Crippen LogP contribution in [0.15, 0.2) is 39.2 Å². The Balaban J connectivity index is 1.69. The summed E-state index contributed by atoms with van der Waals surface area (Å²) >= 11 is 2.90. The number of hydrogen-bond acceptors (Lipinski definition) is 7. The van der Waals surface area contributed by atoms with E-state index in [2.05, 4.69) is 34.4 Å². The van der Waals surface area contributed by atoms with Gasteiger partial charge in [0.25, 0.3) is 0 Å². The molecular formula is C13H12N4OS2. The summed E-state index contributed by atoms with van der Waals surface area (Å²) in [6.07, 6.45) is 0. The largest absolute Gasteiger partial charge is 0.374 e. The maximum Gasteiger partial charge on any atom is 0.203 e. The van der Waals surface area contributed by atoms with Crippen LogP contribution < -0.4 is 5.73 Å². The SMILES string of the molecule is Cc1ccc(-c2cc(CSc3nnc(N)s3)on2)cc1. The molecule has 5 nitrogen and oxygen atoms in total. The number of nitrogen functional groups attached to an aromatic ring is 1. The first-order valence-electron chi connectivity index (χ1n) is 5.95. The molecule has 2 N–H and O–H groups in total. The van der Waals surface area contributed by atoms with Gasteiger partial charge in [-0.1, -0.05) is 58.1 Å². The van der Waals surface area contributed by atoms with Gasteiger partial charge in [0.1, 0.15) is 11.5 Å². The van der Waals surface area contributed by atoms with Crippen molar-refractivity contribution in [2.45, 2.75) is 17.0 Å². The van der Waals surface area contributed by atoms with Gasteiger partial charge in [-0.05, 0) is 6.92 Å². The van der Waals surface area contributed by atoms with Crippen molar-refractivity contribution in [3.05, 3.63) is 41.7 Å². The Bertz CT molecular complexity index is 705. The molecule has 3 aromatic rings. The fourth-order valence-electron chi connectivity index (χ4n) is 1.65. The highest BCUT2D eigenvalue weighted by Gasteiger charge is 2.09.